The third kappa shape index (κ3) is 4.02. The lowest BCUT2D eigenvalue weighted by atomic mass is 9.91. The van der Waals surface area contributed by atoms with Crippen LogP contribution in [0.5, 0.6) is 5.75 Å². The van der Waals surface area contributed by atoms with Gasteiger partial charge in [0.25, 0.3) is 5.91 Å². The van der Waals surface area contributed by atoms with Crippen molar-refractivity contribution < 1.29 is 9.53 Å². The van der Waals surface area contributed by atoms with Crippen LogP contribution in [0.2, 0.25) is 0 Å². The van der Waals surface area contributed by atoms with Crippen molar-refractivity contribution in [3.8, 4) is 5.75 Å². The summed E-state index contributed by atoms with van der Waals surface area (Å²) in [5, 5.41) is 4.29. The Morgan fingerprint density at radius 3 is 2.52 bits per heavy atom. The lowest BCUT2D eigenvalue weighted by Gasteiger charge is -2.19. The van der Waals surface area contributed by atoms with Gasteiger partial charge in [-0.25, -0.2) is 0 Å². The molecule has 0 aliphatic carbocycles. The molecule has 0 aliphatic rings. The Balaban J connectivity index is 1.63. The number of carbonyl (C=O) groups excluding carboxylic acids is 1. The molecule has 0 aliphatic heterocycles. The molecular weight excluding hydrogens is 360 g/mol. The molecule has 0 spiro atoms. The molecule has 4 rings (SSSR count). The quantitative estimate of drug-likeness (QED) is 0.464. The molecule has 4 aromatic rings. The number of para-hydroxylation sites is 2. The molecule has 2 N–H and O–H groups in total. The Hall–Kier alpha value is -3.53. The molecule has 4 heteroatoms. The number of ether oxygens (including phenoxy) is 1. The summed E-state index contributed by atoms with van der Waals surface area (Å²) in [7, 11) is 0. The summed E-state index contributed by atoms with van der Waals surface area (Å²) in [4.78, 5) is 16.3. The number of amides is 1. The highest BCUT2D eigenvalue weighted by atomic mass is 16.5. The molecule has 0 unspecified atom stereocenters. The van der Waals surface area contributed by atoms with Crippen molar-refractivity contribution in [1.82, 2.24) is 10.3 Å². The van der Waals surface area contributed by atoms with Gasteiger partial charge in [0.15, 0.2) is 0 Å². The first-order valence-corrected chi connectivity index (χ1v) is 9.89. The molecule has 1 atom stereocenters. The van der Waals surface area contributed by atoms with Gasteiger partial charge in [0.1, 0.15) is 5.75 Å². The highest BCUT2D eigenvalue weighted by Crippen LogP contribution is 2.30. The number of rotatable bonds is 7. The molecule has 0 fully saturated rings. The zero-order valence-corrected chi connectivity index (χ0v) is 16.4. The Morgan fingerprint density at radius 1 is 0.966 bits per heavy atom. The van der Waals surface area contributed by atoms with Gasteiger partial charge in [-0.15, -0.1) is 0 Å². The fourth-order valence-electron chi connectivity index (χ4n) is 3.70. The predicted molar refractivity (Wildman–Crippen MR) is 117 cm³/mol. The van der Waals surface area contributed by atoms with E-state index in [-0.39, 0.29) is 11.8 Å². The van der Waals surface area contributed by atoms with Crippen molar-refractivity contribution in [2.45, 2.75) is 12.8 Å². The topological polar surface area (TPSA) is 54.1 Å². The molecule has 0 radical (unpaired) electrons. The second-order valence-corrected chi connectivity index (χ2v) is 6.89. The summed E-state index contributed by atoms with van der Waals surface area (Å²) in [6, 6.07) is 25.9. The van der Waals surface area contributed by atoms with E-state index in [0.29, 0.717) is 24.5 Å². The zero-order valence-electron chi connectivity index (χ0n) is 16.4. The van der Waals surface area contributed by atoms with Crippen molar-refractivity contribution in [3.05, 3.63) is 102 Å². The van der Waals surface area contributed by atoms with Crippen molar-refractivity contribution in [3.63, 3.8) is 0 Å². The second-order valence-electron chi connectivity index (χ2n) is 6.89. The lowest BCUT2D eigenvalue weighted by molar-refractivity contribution is 0.0948. The highest BCUT2D eigenvalue weighted by molar-refractivity contribution is 5.97. The van der Waals surface area contributed by atoms with Crippen LogP contribution in [-0.4, -0.2) is 24.0 Å². The van der Waals surface area contributed by atoms with Gasteiger partial charge in [0.05, 0.1) is 12.2 Å². The van der Waals surface area contributed by atoms with Crippen LogP contribution in [0.15, 0.2) is 85.1 Å². The maximum atomic E-state index is 12.9. The van der Waals surface area contributed by atoms with Gasteiger partial charge >= 0.3 is 0 Å². The van der Waals surface area contributed by atoms with E-state index in [0.717, 1.165) is 11.1 Å². The number of aromatic amines is 1. The zero-order chi connectivity index (χ0) is 20.1. The van der Waals surface area contributed by atoms with Crippen LogP contribution < -0.4 is 10.1 Å². The third-order valence-corrected chi connectivity index (χ3v) is 5.10. The summed E-state index contributed by atoms with van der Waals surface area (Å²) in [5.74, 6) is 0.515. The monoisotopic (exact) mass is 384 g/mol. The van der Waals surface area contributed by atoms with Crippen LogP contribution in [0, 0.1) is 0 Å². The van der Waals surface area contributed by atoms with Crippen LogP contribution in [0.1, 0.15) is 34.3 Å². The number of carbonyl (C=O) groups is 1. The van der Waals surface area contributed by atoms with Crippen LogP contribution in [0.25, 0.3) is 10.9 Å². The first-order chi connectivity index (χ1) is 14.3. The van der Waals surface area contributed by atoms with Gasteiger partial charge in [-0.05, 0) is 36.2 Å². The lowest BCUT2D eigenvalue weighted by Crippen LogP contribution is -2.29. The summed E-state index contributed by atoms with van der Waals surface area (Å²) < 4.78 is 5.61. The van der Waals surface area contributed by atoms with Gasteiger partial charge in [-0.2, -0.15) is 0 Å². The van der Waals surface area contributed by atoms with Crippen LogP contribution >= 0.6 is 0 Å². The summed E-state index contributed by atoms with van der Waals surface area (Å²) >= 11 is 0. The SMILES string of the molecule is CCOc1ccccc1C(=O)NC[C@H](c1ccccc1)c1c[nH]c2ccccc12. The molecule has 0 bridgehead atoms. The van der Waals surface area contributed by atoms with Gasteiger partial charge in [-0.1, -0.05) is 60.7 Å². The maximum absolute atomic E-state index is 12.9. The van der Waals surface area contributed by atoms with Crippen LogP contribution in [0.4, 0.5) is 0 Å². The number of nitrogens with one attached hydrogen (secondary N) is 2. The van der Waals surface area contributed by atoms with E-state index in [2.05, 4.69) is 34.6 Å². The van der Waals surface area contributed by atoms with E-state index < -0.39 is 0 Å². The van der Waals surface area contributed by atoms with Crippen molar-refractivity contribution in [2.24, 2.45) is 0 Å². The molecule has 29 heavy (non-hydrogen) atoms. The average Bonchev–Trinajstić information content (AvgIpc) is 3.19. The second kappa shape index (κ2) is 8.65. The molecule has 0 saturated carbocycles. The van der Waals surface area contributed by atoms with E-state index in [4.69, 9.17) is 4.74 Å². The van der Waals surface area contributed by atoms with E-state index in [1.165, 1.54) is 10.9 Å². The largest absolute Gasteiger partial charge is 0.493 e. The maximum Gasteiger partial charge on any atom is 0.255 e. The Bertz CT molecular complexity index is 1100. The minimum Gasteiger partial charge on any atom is -0.493 e. The van der Waals surface area contributed by atoms with Crippen molar-refractivity contribution >= 4 is 16.8 Å². The first kappa shape index (κ1) is 18.8. The molecule has 1 amide bonds. The average molecular weight is 384 g/mol. The van der Waals surface area contributed by atoms with Crippen LogP contribution in [-0.2, 0) is 0 Å². The smallest absolute Gasteiger partial charge is 0.255 e. The summed E-state index contributed by atoms with van der Waals surface area (Å²) in [6.07, 6.45) is 2.04. The van der Waals surface area contributed by atoms with Gasteiger partial charge in [-0.3, -0.25) is 4.79 Å². The first-order valence-electron chi connectivity index (χ1n) is 9.89. The number of H-pyrrole nitrogens is 1. The molecule has 1 aromatic heterocycles. The molecule has 1 heterocycles. The Kier molecular flexibility index (Phi) is 5.61. The molecular formula is C25H24N2O2. The Morgan fingerprint density at radius 2 is 1.69 bits per heavy atom. The van der Waals surface area contributed by atoms with Gasteiger partial charge in [0, 0.05) is 29.6 Å². The fourth-order valence-corrected chi connectivity index (χ4v) is 3.70. The number of benzene rings is 3. The molecule has 146 valence electrons. The number of fused-ring (bicyclic) bond motifs is 1. The van der Waals surface area contributed by atoms with E-state index >= 15 is 0 Å². The number of aromatic nitrogens is 1. The summed E-state index contributed by atoms with van der Waals surface area (Å²) in [5.41, 5.74) is 3.98. The van der Waals surface area contributed by atoms with Gasteiger partial charge < -0.3 is 15.0 Å². The molecule has 3 aromatic carbocycles. The number of hydrogen-bond acceptors (Lipinski definition) is 2. The standard InChI is InChI=1S/C25H24N2O2/c1-2-29-24-15-9-7-13-20(24)25(28)27-16-21(18-10-4-3-5-11-18)22-17-26-23-14-8-6-12-19(22)23/h3-15,17,21,26H,2,16H2,1H3,(H,27,28)/t21-/m1/s1. The van der Waals surface area contributed by atoms with E-state index in [9.17, 15) is 4.79 Å². The third-order valence-electron chi connectivity index (χ3n) is 5.10. The minimum atomic E-state index is -0.130. The normalized spacial score (nSPS) is 11.9. The predicted octanol–water partition coefficient (Wildman–Crippen LogP) is 5.13. The van der Waals surface area contributed by atoms with Crippen LogP contribution in [0.3, 0.4) is 0 Å². The van der Waals surface area contributed by atoms with E-state index in [1.807, 2.05) is 61.7 Å². The van der Waals surface area contributed by atoms with Gasteiger partial charge in [0.2, 0.25) is 0 Å². The Labute approximate surface area is 170 Å². The molecule has 4 nitrogen and oxygen atoms in total. The van der Waals surface area contributed by atoms with Crippen molar-refractivity contribution in [1.29, 1.82) is 0 Å². The minimum absolute atomic E-state index is 0.0376. The highest BCUT2D eigenvalue weighted by Gasteiger charge is 2.20. The number of hydrogen-bond donors (Lipinski definition) is 2. The molecule has 0 saturated heterocycles. The van der Waals surface area contributed by atoms with E-state index in [1.54, 1.807) is 6.07 Å². The summed E-state index contributed by atoms with van der Waals surface area (Å²) in [6.45, 7) is 2.93. The fraction of sp³-hybridized carbons (Fsp3) is 0.160. The van der Waals surface area contributed by atoms with Crippen molar-refractivity contribution in [2.75, 3.05) is 13.2 Å².